The molecule has 1 aromatic carbocycles. The molecule has 3 rings (SSSR count). The fourth-order valence-corrected chi connectivity index (χ4v) is 3.87. The smallest absolute Gasteiger partial charge is 0.317 e. The molecule has 0 bridgehead atoms. The maximum absolute atomic E-state index is 12.2. The van der Waals surface area contributed by atoms with E-state index in [0.29, 0.717) is 38.9 Å². The maximum Gasteiger partial charge on any atom is 0.317 e. The predicted octanol–water partition coefficient (Wildman–Crippen LogP) is 0.529. The lowest BCUT2D eigenvalue weighted by Crippen LogP contribution is -2.49. The predicted molar refractivity (Wildman–Crippen MR) is 104 cm³/mol. The van der Waals surface area contributed by atoms with Crippen molar-refractivity contribution in [2.75, 3.05) is 25.9 Å². The first-order valence-corrected chi connectivity index (χ1v) is 10.7. The first-order chi connectivity index (χ1) is 13.3. The fourth-order valence-electron chi connectivity index (χ4n) is 3.03. The number of aromatic amines is 1. The quantitative estimate of drug-likeness (QED) is 0.528. The number of H-pyrrole nitrogens is 1. The zero-order valence-corrected chi connectivity index (χ0v) is 16.4. The lowest BCUT2D eigenvalue weighted by Gasteiger charge is -2.31. The fraction of sp³-hybridized carbons (Fsp3) is 0.471. The van der Waals surface area contributed by atoms with Gasteiger partial charge in [0.05, 0.1) is 17.3 Å². The van der Waals surface area contributed by atoms with Gasteiger partial charge < -0.3 is 20.3 Å². The molecule has 0 spiro atoms. The molecular weight excluding hydrogens is 386 g/mol. The summed E-state index contributed by atoms with van der Waals surface area (Å²) in [7, 11) is -3.20. The minimum Gasteiger partial charge on any atom is -0.483 e. The highest BCUT2D eigenvalue weighted by Gasteiger charge is 2.24. The largest absolute Gasteiger partial charge is 0.483 e. The topological polar surface area (TPSA) is 144 Å². The molecule has 0 radical (unpaired) electrons. The lowest BCUT2D eigenvalue weighted by molar-refractivity contribution is -0.122. The zero-order valence-electron chi connectivity index (χ0n) is 15.6. The number of carboxylic acid groups (broad SMARTS) is 1. The van der Waals surface area contributed by atoms with E-state index in [1.807, 2.05) is 24.3 Å². The van der Waals surface area contributed by atoms with Gasteiger partial charge >= 0.3 is 6.03 Å². The lowest BCUT2D eigenvalue weighted by atomic mass is 10.1. The van der Waals surface area contributed by atoms with E-state index < -0.39 is 10.0 Å². The van der Waals surface area contributed by atoms with Crippen LogP contribution in [0.4, 0.5) is 4.79 Å². The number of nitrogens with one attached hydrogen (secondary N) is 3. The molecule has 0 aliphatic carbocycles. The number of benzene rings is 1. The monoisotopic (exact) mass is 411 g/mol. The van der Waals surface area contributed by atoms with E-state index in [1.165, 1.54) is 0 Å². The van der Waals surface area contributed by atoms with Crippen LogP contribution in [0.1, 0.15) is 18.7 Å². The molecule has 1 aromatic heterocycles. The summed E-state index contributed by atoms with van der Waals surface area (Å²) in [5, 5.41) is 9.79. The molecule has 1 aliphatic heterocycles. The number of carbonyl (C=O) groups excluding carboxylic acids is 1. The molecule has 11 heteroatoms. The van der Waals surface area contributed by atoms with Crippen LogP contribution in [0.15, 0.2) is 24.3 Å². The van der Waals surface area contributed by atoms with Crippen molar-refractivity contribution >= 4 is 33.6 Å². The molecule has 1 fully saturated rings. The van der Waals surface area contributed by atoms with Crippen LogP contribution >= 0.6 is 0 Å². The Morgan fingerprint density at radius 2 is 2.00 bits per heavy atom. The van der Waals surface area contributed by atoms with Gasteiger partial charge in [0.2, 0.25) is 10.0 Å². The summed E-state index contributed by atoms with van der Waals surface area (Å²) in [5.41, 5.74) is 1.91. The Kier molecular flexibility index (Phi) is 7.76. The van der Waals surface area contributed by atoms with Gasteiger partial charge in [-0.25, -0.2) is 22.9 Å². The Hall–Kier alpha value is -2.66. The number of urea groups is 1. The number of amides is 2. The van der Waals surface area contributed by atoms with E-state index in [4.69, 9.17) is 9.90 Å². The Morgan fingerprint density at radius 3 is 2.61 bits per heavy atom. The number of fused-ring (bicyclic) bond motifs is 1. The third-order valence-corrected chi connectivity index (χ3v) is 5.00. The van der Waals surface area contributed by atoms with Crippen molar-refractivity contribution in [1.82, 2.24) is 24.9 Å². The van der Waals surface area contributed by atoms with Gasteiger partial charge in [-0.05, 0) is 25.0 Å². The number of carbonyl (C=O) groups is 2. The van der Waals surface area contributed by atoms with Crippen molar-refractivity contribution < 1.29 is 23.1 Å². The number of aromatic nitrogens is 2. The summed E-state index contributed by atoms with van der Waals surface area (Å²) < 4.78 is 25.1. The van der Waals surface area contributed by atoms with Gasteiger partial charge in [-0.15, -0.1) is 0 Å². The average molecular weight is 411 g/mol. The molecule has 2 aromatic rings. The number of piperidine rings is 1. The van der Waals surface area contributed by atoms with Crippen molar-refractivity contribution in [3.63, 3.8) is 0 Å². The van der Waals surface area contributed by atoms with Crippen molar-refractivity contribution in [2.24, 2.45) is 0 Å². The van der Waals surface area contributed by atoms with Crippen LogP contribution < -0.4 is 10.0 Å². The molecule has 2 heterocycles. The summed E-state index contributed by atoms with van der Waals surface area (Å²) in [5.74, 6) is 0.845. The number of hydrogen-bond donors (Lipinski definition) is 4. The molecule has 28 heavy (non-hydrogen) atoms. The van der Waals surface area contributed by atoms with E-state index in [2.05, 4.69) is 20.0 Å². The minimum absolute atomic E-state index is 0.0883. The maximum atomic E-state index is 12.2. The van der Waals surface area contributed by atoms with E-state index in [1.54, 1.807) is 4.90 Å². The highest BCUT2D eigenvalue weighted by molar-refractivity contribution is 7.88. The van der Waals surface area contributed by atoms with Crippen LogP contribution in [0, 0.1) is 0 Å². The molecule has 0 saturated carbocycles. The third kappa shape index (κ3) is 6.82. The van der Waals surface area contributed by atoms with Gasteiger partial charge in [-0.2, -0.15) is 0 Å². The van der Waals surface area contributed by atoms with Crippen molar-refractivity contribution in [2.45, 2.75) is 25.3 Å². The molecular formula is C17H25N5O5S. The van der Waals surface area contributed by atoms with Crippen LogP contribution in [0.25, 0.3) is 11.0 Å². The number of rotatable bonds is 5. The van der Waals surface area contributed by atoms with Gasteiger partial charge in [0.15, 0.2) is 0 Å². The Bertz CT molecular complexity index is 857. The number of para-hydroxylation sites is 2. The molecule has 10 nitrogen and oxygen atoms in total. The number of hydrogen-bond acceptors (Lipinski definition) is 5. The first kappa shape index (κ1) is 21.6. The minimum atomic E-state index is -3.20. The molecule has 0 atom stereocenters. The molecule has 4 N–H and O–H groups in total. The summed E-state index contributed by atoms with van der Waals surface area (Å²) in [4.78, 5) is 30.0. The van der Waals surface area contributed by atoms with Crippen molar-refractivity contribution in [3.8, 4) is 0 Å². The second-order valence-electron chi connectivity index (χ2n) is 6.44. The van der Waals surface area contributed by atoms with Gasteiger partial charge in [0.25, 0.3) is 6.47 Å². The number of nitrogens with zero attached hydrogens (tertiary/aromatic N) is 2. The molecule has 2 amide bonds. The van der Waals surface area contributed by atoms with E-state index in [-0.39, 0.29) is 18.5 Å². The van der Waals surface area contributed by atoms with E-state index in [9.17, 15) is 13.2 Å². The van der Waals surface area contributed by atoms with Crippen LogP contribution in [0.3, 0.4) is 0 Å². The summed E-state index contributed by atoms with van der Waals surface area (Å²) in [6.45, 7) is 1.34. The van der Waals surface area contributed by atoms with Crippen LogP contribution in [-0.4, -0.2) is 72.8 Å². The van der Waals surface area contributed by atoms with Gasteiger partial charge in [0, 0.05) is 32.1 Å². The van der Waals surface area contributed by atoms with Crippen molar-refractivity contribution in [3.05, 3.63) is 30.1 Å². The summed E-state index contributed by atoms with van der Waals surface area (Å²) in [6.07, 6.45) is 3.05. The number of sulfonamides is 1. The first-order valence-electron chi connectivity index (χ1n) is 8.84. The Balaban J connectivity index is 0.000000878. The van der Waals surface area contributed by atoms with Crippen LogP contribution in [0.2, 0.25) is 0 Å². The summed E-state index contributed by atoms with van der Waals surface area (Å²) in [6, 6.07) is 7.61. The van der Waals surface area contributed by atoms with Gasteiger partial charge in [-0.1, -0.05) is 12.1 Å². The second-order valence-corrected chi connectivity index (χ2v) is 8.22. The highest BCUT2D eigenvalue weighted by atomic mass is 32.2. The number of imidazole rings is 1. The molecule has 0 unspecified atom stereocenters. The highest BCUT2D eigenvalue weighted by Crippen LogP contribution is 2.12. The zero-order chi connectivity index (χ0) is 20.6. The molecule has 1 saturated heterocycles. The third-order valence-electron chi connectivity index (χ3n) is 4.24. The molecule has 1 aliphatic rings. The van der Waals surface area contributed by atoms with Gasteiger partial charge in [-0.3, -0.25) is 4.79 Å². The van der Waals surface area contributed by atoms with Crippen LogP contribution in [0.5, 0.6) is 0 Å². The van der Waals surface area contributed by atoms with E-state index in [0.717, 1.165) is 23.1 Å². The van der Waals surface area contributed by atoms with Crippen LogP contribution in [-0.2, 0) is 21.2 Å². The Labute approximate surface area is 163 Å². The summed E-state index contributed by atoms with van der Waals surface area (Å²) >= 11 is 0. The second kappa shape index (κ2) is 10.0. The van der Waals surface area contributed by atoms with Crippen molar-refractivity contribution in [1.29, 1.82) is 0 Å². The average Bonchev–Trinajstić information content (AvgIpc) is 3.04. The SMILES string of the molecule is CS(=O)(=O)NC1CCN(C(=O)NCCc2nc3ccccc3[nH]2)CC1.O=CO. The normalized spacial score (nSPS) is 15.0. The van der Waals surface area contributed by atoms with E-state index >= 15 is 0 Å². The number of likely N-dealkylation sites (tertiary alicyclic amines) is 1. The van der Waals surface area contributed by atoms with Gasteiger partial charge in [0.1, 0.15) is 5.82 Å². The molecule has 154 valence electrons. The standard InChI is InChI=1S/C16H23N5O3S.CH2O2/c1-25(23,24)20-12-7-10-21(11-8-12)16(22)17-9-6-15-18-13-4-2-3-5-14(13)19-15;2-1-3/h2-5,12,20H,6-11H2,1H3,(H,17,22)(H,18,19);1H,(H,2,3). The Morgan fingerprint density at radius 1 is 1.36 bits per heavy atom.